The van der Waals surface area contributed by atoms with E-state index >= 15 is 0 Å². The molecule has 0 spiro atoms. The van der Waals surface area contributed by atoms with Gasteiger partial charge in [0.2, 0.25) is 15.9 Å². The van der Waals surface area contributed by atoms with Crippen molar-refractivity contribution < 1.29 is 17.7 Å². The lowest BCUT2D eigenvalue weighted by atomic mass is 10.0. The molecule has 0 aromatic carbocycles. The lowest BCUT2D eigenvalue weighted by Crippen LogP contribution is -2.48. The molecular weight excluding hydrogens is 318 g/mol. The lowest BCUT2D eigenvalue weighted by Gasteiger charge is -2.25. The number of rotatable bonds is 6. The Morgan fingerprint density at radius 3 is 2.39 bits per heavy atom. The van der Waals surface area contributed by atoms with Gasteiger partial charge in [0.1, 0.15) is 16.6 Å². The molecule has 7 nitrogen and oxygen atoms in total. The largest absolute Gasteiger partial charge is 0.360 e. The van der Waals surface area contributed by atoms with E-state index in [9.17, 15) is 13.2 Å². The maximum atomic E-state index is 12.7. The highest BCUT2D eigenvalue weighted by Crippen LogP contribution is 2.21. The summed E-state index contributed by atoms with van der Waals surface area (Å²) in [5.41, 5.74) is 0.298. The molecule has 1 N–H and O–H groups in total. The zero-order chi connectivity index (χ0) is 17.2. The molecule has 130 valence electrons. The molecule has 0 radical (unpaired) electrons. The Balaban J connectivity index is 2.24. The number of sulfonamides is 1. The number of carbonyl (C=O) groups is 1. The van der Waals surface area contributed by atoms with Crippen molar-refractivity contribution >= 4 is 15.9 Å². The van der Waals surface area contributed by atoms with Gasteiger partial charge in [-0.1, -0.05) is 19.0 Å². The minimum atomic E-state index is -3.85. The van der Waals surface area contributed by atoms with Crippen LogP contribution in [0.25, 0.3) is 0 Å². The van der Waals surface area contributed by atoms with Gasteiger partial charge in [-0.15, -0.1) is 0 Å². The first-order valence-corrected chi connectivity index (χ1v) is 9.44. The number of nitrogens with one attached hydrogen (secondary N) is 1. The van der Waals surface area contributed by atoms with Gasteiger partial charge in [-0.05, 0) is 39.0 Å². The van der Waals surface area contributed by atoms with Crippen LogP contribution in [0.2, 0.25) is 0 Å². The molecule has 0 aliphatic carbocycles. The molecule has 1 amide bonds. The van der Waals surface area contributed by atoms with Gasteiger partial charge in [0.05, 0.1) is 0 Å². The Morgan fingerprint density at radius 2 is 1.91 bits per heavy atom. The van der Waals surface area contributed by atoms with Gasteiger partial charge in [-0.3, -0.25) is 4.79 Å². The number of aromatic nitrogens is 1. The van der Waals surface area contributed by atoms with Gasteiger partial charge in [0.15, 0.2) is 5.76 Å². The summed E-state index contributed by atoms with van der Waals surface area (Å²) in [5, 5.41) is 3.68. The van der Waals surface area contributed by atoms with Crippen LogP contribution in [-0.4, -0.2) is 43.5 Å². The molecule has 1 aromatic rings. The molecule has 1 aliphatic heterocycles. The monoisotopic (exact) mass is 343 g/mol. The first-order valence-electron chi connectivity index (χ1n) is 7.96. The van der Waals surface area contributed by atoms with Gasteiger partial charge in [0.25, 0.3) is 0 Å². The maximum Gasteiger partial charge on any atom is 0.246 e. The van der Waals surface area contributed by atoms with Crippen molar-refractivity contribution in [3.8, 4) is 0 Å². The minimum absolute atomic E-state index is 0.0282. The molecule has 8 heteroatoms. The number of amides is 1. The fourth-order valence-electron chi connectivity index (χ4n) is 2.93. The highest BCUT2D eigenvalue weighted by atomic mass is 32.2. The molecule has 1 atom stereocenters. The van der Waals surface area contributed by atoms with Crippen molar-refractivity contribution in [2.45, 2.75) is 57.9 Å². The number of hydrogen-bond acceptors (Lipinski definition) is 5. The Kier molecular flexibility index (Phi) is 5.46. The van der Waals surface area contributed by atoms with E-state index in [2.05, 4.69) is 9.88 Å². The summed E-state index contributed by atoms with van der Waals surface area (Å²) < 4.78 is 32.8. The minimum Gasteiger partial charge on any atom is -0.360 e. The van der Waals surface area contributed by atoms with Crippen LogP contribution < -0.4 is 4.72 Å². The fraction of sp³-hybridized carbons (Fsp3) is 0.733. The van der Waals surface area contributed by atoms with Crippen molar-refractivity contribution in [1.29, 1.82) is 0 Å². The fourth-order valence-corrected chi connectivity index (χ4v) is 4.46. The predicted octanol–water partition coefficient (Wildman–Crippen LogP) is 1.61. The smallest absolute Gasteiger partial charge is 0.246 e. The van der Waals surface area contributed by atoms with Crippen molar-refractivity contribution in [3.05, 3.63) is 11.5 Å². The standard InChI is InChI=1S/C15H25N3O4S/c1-10(2)9-13(15(19)18-7-5-6-8-18)17-23(20,21)14-11(3)16-22-12(14)4/h10,13,17H,5-9H2,1-4H3/t13-/m0/s1. The van der Waals surface area contributed by atoms with Crippen LogP contribution in [0.15, 0.2) is 9.42 Å². The van der Waals surface area contributed by atoms with Gasteiger partial charge >= 0.3 is 0 Å². The Hall–Kier alpha value is -1.41. The van der Waals surface area contributed by atoms with Crippen LogP contribution >= 0.6 is 0 Å². The van der Waals surface area contributed by atoms with E-state index in [4.69, 9.17) is 4.52 Å². The van der Waals surface area contributed by atoms with Crippen molar-refractivity contribution in [1.82, 2.24) is 14.8 Å². The summed E-state index contributed by atoms with van der Waals surface area (Å²) in [6.07, 6.45) is 2.39. The van der Waals surface area contributed by atoms with Crippen LogP contribution in [0, 0.1) is 19.8 Å². The summed E-state index contributed by atoms with van der Waals surface area (Å²) in [6, 6.07) is -0.758. The van der Waals surface area contributed by atoms with Gasteiger partial charge in [0, 0.05) is 13.1 Å². The zero-order valence-electron chi connectivity index (χ0n) is 14.1. The molecule has 1 aliphatic rings. The van der Waals surface area contributed by atoms with Crippen LogP contribution in [-0.2, 0) is 14.8 Å². The van der Waals surface area contributed by atoms with Crippen LogP contribution in [0.1, 0.15) is 44.6 Å². The van der Waals surface area contributed by atoms with E-state index in [1.165, 1.54) is 0 Å². The molecule has 1 fully saturated rings. The number of likely N-dealkylation sites (tertiary alicyclic amines) is 1. The third kappa shape index (κ3) is 4.11. The first kappa shape index (κ1) is 17.9. The van der Waals surface area contributed by atoms with Gasteiger partial charge in [-0.2, -0.15) is 4.72 Å². The molecule has 2 heterocycles. The van der Waals surface area contributed by atoms with E-state index in [1.807, 2.05) is 13.8 Å². The Bertz CT molecular complexity index is 641. The normalized spacial score (nSPS) is 17.0. The third-order valence-electron chi connectivity index (χ3n) is 3.96. The second-order valence-corrected chi connectivity index (χ2v) is 8.14. The van der Waals surface area contributed by atoms with E-state index in [0.717, 1.165) is 12.8 Å². The molecule has 0 bridgehead atoms. The molecular formula is C15H25N3O4S. The van der Waals surface area contributed by atoms with E-state index in [-0.39, 0.29) is 22.5 Å². The SMILES string of the molecule is Cc1noc(C)c1S(=O)(=O)N[C@@H](CC(C)C)C(=O)N1CCCC1. The zero-order valence-corrected chi connectivity index (χ0v) is 14.9. The number of nitrogens with zero attached hydrogens (tertiary/aromatic N) is 2. The summed E-state index contributed by atoms with van der Waals surface area (Å²) in [4.78, 5) is 14.4. The summed E-state index contributed by atoms with van der Waals surface area (Å²) in [6.45, 7) is 8.45. The van der Waals surface area contributed by atoms with Gasteiger partial charge in [-0.25, -0.2) is 8.42 Å². The van der Waals surface area contributed by atoms with E-state index in [1.54, 1.807) is 18.7 Å². The Labute approximate surface area is 137 Å². The van der Waals surface area contributed by atoms with Crippen molar-refractivity contribution in [2.75, 3.05) is 13.1 Å². The third-order valence-corrected chi connectivity index (χ3v) is 5.67. The van der Waals surface area contributed by atoms with Gasteiger partial charge < -0.3 is 9.42 Å². The molecule has 23 heavy (non-hydrogen) atoms. The summed E-state index contributed by atoms with van der Waals surface area (Å²) in [7, 11) is -3.85. The average Bonchev–Trinajstić information content (AvgIpc) is 3.06. The maximum absolute atomic E-state index is 12.7. The summed E-state index contributed by atoms with van der Waals surface area (Å²) in [5.74, 6) is 0.275. The number of carbonyl (C=O) groups excluding carboxylic acids is 1. The van der Waals surface area contributed by atoms with E-state index < -0.39 is 16.1 Å². The average molecular weight is 343 g/mol. The van der Waals surface area contributed by atoms with Crippen molar-refractivity contribution in [3.63, 3.8) is 0 Å². The second kappa shape index (κ2) is 7.00. The molecule has 0 unspecified atom stereocenters. The predicted molar refractivity (Wildman–Crippen MR) is 85.4 cm³/mol. The number of aryl methyl sites for hydroxylation is 2. The highest BCUT2D eigenvalue weighted by molar-refractivity contribution is 7.89. The Morgan fingerprint density at radius 1 is 1.30 bits per heavy atom. The highest BCUT2D eigenvalue weighted by Gasteiger charge is 2.33. The molecule has 1 saturated heterocycles. The molecule has 1 aromatic heterocycles. The second-order valence-electron chi connectivity index (χ2n) is 6.49. The lowest BCUT2D eigenvalue weighted by molar-refractivity contribution is -0.132. The topological polar surface area (TPSA) is 92.5 Å². The molecule has 0 saturated carbocycles. The first-order chi connectivity index (χ1) is 10.7. The molecule has 2 rings (SSSR count). The quantitative estimate of drug-likeness (QED) is 0.847. The van der Waals surface area contributed by atoms with Crippen LogP contribution in [0.4, 0.5) is 0 Å². The van der Waals surface area contributed by atoms with Crippen molar-refractivity contribution in [2.24, 2.45) is 5.92 Å². The van der Waals surface area contributed by atoms with Crippen LogP contribution in [0.5, 0.6) is 0 Å². The van der Waals surface area contributed by atoms with Crippen LogP contribution in [0.3, 0.4) is 0 Å². The summed E-state index contributed by atoms with van der Waals surface area (Å²) >= 11 is 0. The van der Waals surface area contributed by atoms with E-state index in [0.29, 0.717) is 25.2 Å². The number of hydrogen-bond donors (Lipinski definition) is 1.